The van der Waals surface area contributed by atoms with E-state index >= 15 is 0 Å². The molecule has 3 N–H and O–H groups in total. The van der Waals surface area contributed by atoms with Crippen molar-refractivity contribution in [2.45, 2.75) is 12.5 Å². The van der Waals surface area contributed by atoms with Crippen LogP contribution in [0.4, 0.5) is 23.4 Å². The van der Waals surface area contributed by atoms with Gasteiger partial charge in [0.2, 0.25) is 0 Å². The van der Waals surface area contributed by atoms with Crippen molar-refractivity contribution in [3.05, 3.63) is 40.6 Å². The SMILES string of the molecule is OCC(O)CNc1cc(C(F)F)nc(-c2cc(F)c(Cl)cc2F)n1. The van der Waals surface area contributed by atoms with E-state index in [9.17, 15) is 22.7 Å². The van der Waals surface area contributed by atoms with Crippen LogP contribution in [0.3, 0.4) is 0 Å². The quantitative estimate of drug-likeness (QED) is 0.542. The summed E-state index contributed by atoms with van der Waals surface area (Å²) in [4.78, 5) is 7.35. The first-order chi connectivity index (χ1) is 11.3. The molecule has 0 fully saturated rings. The van der Waals surface area contributed by atoms with Gasteiger partial charge in [-0.2, -0.15) is 0 Å². The molecule has 130 valence electrons. The molecule has 1 atom stereocenters. The lowest BCUT2D eigenvalue weighted by molar-refractivity contribution is 0.105. The number of hydrogen-bond donors (Lipinski definition) is 3. The summed E-state index contributed by atoms with van der Waals surface area (Å²) in [7, 11) is 0. The first kappa shape index (κ1) is 18.4. The van der Waals surface area contributed by atoms with Gasteiger partial charge in [0.05, 0.1) is 23.3 Å². The molecule has 0 amide bonds. The van der Waals surface area contributed by atoms with E-state index in [-0.39, 0.29) is 12.4 Å². The van der Waals surface area contributed by atoms with Gasteiger partial charge >= 0.3 is 0 Å². The monoisotopic (exact) mass is 365 g/mol. The maximum Gasteiger partial charge on any atom is 0.280 e. The van der Waals surface area contributed by atoms with Crippen molar-refractivity contribution in [1.29, 1.82) is 0 Å². The number of nitrogens with one attached hydrogen (secondary N) is 1. The Hall–Kier alpha value is -1.97. The Morgan fingerprint density at radius 1 is 1.12 bits per heavy atom. The lowest BCUT2D eigenvalue weighted by Gasteiger charge is -2.12. The fourth-order valence-corrected chi connectivity index (χ4v) is 1.92. The fraction of sp³-hybridized carbons (Fsp3) is 0.286. The van der Waals surface area contributed by atoms with Crippen molar-refractivity contribution in [2.75, 3.05) is 18.5 Å². The highest BCUT2D eigenvalue weighted by atomic mass is 35.5. The second-order valence-corrected chi connectivity index (χ2v) is 5.17. The molecule has 5 nitrogen and oxygen atoms in total. The first-order valence-electron chi connectivity index (χ1n) is 6.66. The fourth-order valence-electron chi connectivity index (χ4n) is 1.77. The van der Waals surface area contributed by atoms with E-state index < -0.39 is 52.9 Å². The lowest BCUT2D eigenvalue weighted by atomic mass is 10.2. The lowest BCUT2D eigenvalue weighted by Crippen LogP contribution is -2.23. The predicted molar refractivity (Wildman–Crippen MR) is 78.9 cm³/mol. The Balaban J connectivity index is 2.45. The smallest absolute Gasteiger partial charge is 0.280 e. The van der Waals surface area contributed by atoms with Gasteiger partial charge in [-0.25, -0.2) is 27.5 Å². The molecule has 24 heavy (non-hydrogen) atoms. The molecule has 0 aliphatic heterocycles. The molecule has 1 heterocycles. The minimum absolute atomic E-state index is 0.141. The molecule has 2 rings (SSSR count). The second-order valence-electron chi connectivity index (χ2n) is 4.77. The van der Waals surface area contributed by atoms with Gasteiger partial charge in [0, 0.05) is 12.6 Å². The number of alkyl halides is 2. The molecule has 0 aliphatic carbocycles. The summed E-state index contributed by atoms with van der Waals surface area (Å²) in [5.74, 6) is -2.54. The van der Waals surface area contributed by atoms with Gasteiger partial charge in [0.15, 0.2) is 5.82 Å². The number of rotatable bonds is 6. The average molecular weight is 366 g/mol. The maximum absolute atomic E-state index is 13.9. The molecule has 0 spiro atoms. The highest BCUT2D eigenvalue weighted by Crippen LogP contribution is 2.28. The van der Waals surface area contributed by atoms with Crippen LogP contribution in [0, 0.1) is 11.6 Å². The number of nitrogens with zero attached hydrogens (tertiary/aromatic N) is 2. The van der Waals surface area contributed by atoms with Crippen LogP contribution in [0.2, 0.25) is 5.02 Å². The topological polar surface area (TPSA) is 78.3 Å². The Morgan fingerprint density at radius 2 is 1.83 bits per heavy atom. The minimum atomic E-state index is -2.98. The first-order valence-corrected chi connectivity index (χ1v) is 7.04. The zero-order chi connectivity index (χ0) is 17.9. The van der Waals surface area contributed by atoms with Crippen molar-refractivity contribution in [2.24, 2.45) is 0 Å². The molecule has 0 radical (unpaired) electrons. The van der Waals surface area contributed by atoms with Crippen LogP contribution in [0.15, 0.2) is 18.2 Å². The van der Waals surface area contributed by atoms with E-state index in [1.54, 1.807) is 0 Å². The highest BCUT2D eigenvalue weighted by molar-refractivity contribution is 6.30. The summed E-state index contributed by atoms with van der Waals surface area (Å²) in [5.41, 5.74) is -1.15. The van der Waals surface area contributed by atoms with Crippen molar-refractivity contribution in [3.63, 3.8) is 0 Å². The van der Waals surface area contributed by atoms with Crippen LogP contribution >= 0.6 is 11.6 Å². The van der Waals surface area contributed by atoms with Gasteiger partial charge in [-0.1, -0.05) is 11.6 Å². The molecule has 1 unspecified atom stereocenters. The number of hydrogen-bond acceptors (Lipinski definition) is 5. The molecule has 0 aliphatic rings. The van der Waals surface area contributed by atoms with Gasteiger partial charge in [0.25, 0.3) is 6.43 Å². The summed E-state index contributed by atoms with van der Waals surface area (Å²) in [6, 6.07) is 2.30. The van der Waals surface area contributed by atoms with E-state index in [0.717, 1.165) is 6.07 Å². The summed E-state index contributed by atoms with van der Waals surface area (Å²) in [6.45, 7) is -0.739. The standard InChI is InChI=1S/C14H12ClF4N3O2/c15-8-2-9(16)7(1-10(8)17)14-21-11(13(18)19)3-12(22-14)20-4-6(24)5-23/h1-3,6,13,23-24H,4-5H2,(H,20,21,22). The number of aromatic nitrogens is 2. The molecule has 0 saturated heterocycles. The van der Waals surface area contributed by atoms with Gasteiger partial charge < -0.3 is 15.5 Å². The van der Waals surface area contributed by atoms with Crippen LogP contribution in [0.5, 0.6) is 0 Å². The van der Waals surface area contributed by atoms with Crippen molar-refractivity contribution >= 4 is 17.4 Å². The second kappa shape index (κ2) is 7.73. The molecule has 1 aromatic carbocycles. The Bertz CT molecular complexity index is 733. The molecular formula is C14H12ClF4N3O2. The minimum Gasteiger partial charge on any atom is -0.394 e. The van der Waals surface area contributed by atoms with Crippen molar-refractivity contribution in [3.8, 4) is 11.4 Å². The normalized spacial score (nSPS) is 12.5. The molecular weight excluding hydrogens is 354 g/mol. The van der Waals surface area contributed by atoms with Crippen molar-refractivity contribution in [1.82, 2.24) is 9.97 Å². The van der Waals surface area contributed by atoms with E-state index in [1.165, 1.54) is 0 Å². The van der Waals surface area contributed by atoms with Gasteiger partial charge in [-0.05, 0) is 12.1 Å². The third-order valence-corrected chi connectivity index (χ3v) is 3.24. The number of aliphatic hydroxyl groups is 2. The Labute approximate surface area is 138 Å². The zero-order valence-corrected chi connectivity index (χ0v) is 12.7. The number of benzene rings is 1. The molecule has 0 bridgehead atoms. The van der Waals surface area contributed by atoms with Crippen LogP contribution < -0.4 is 5.32 Å². The van der Waals surface area contributed by atoms with Crippen LogP contribution in [-0.4, -0.2) is 39.4 Å². The maximum atomic E-state index is 13.9. The third kappa shape index (κ3) is 4.31. The Morgan fingerprint density at radius 3 is 2.46 bits per heavy atom. The predicted octanol–water partition coefficient (Wildman–Crippen LogP) is 2.78. The number of aliphatic hydroxyl groups excluding tert-OH is 2. The highest BCUT2D eigenvalue weighted by Gasteiger charge is 2.18. The van der Waals surface area contributed by atoms with Crippen LogP contribution in [0.25, 0.3) is 11.4 Å². The summed E-state index contributed by atoms with van der Waals surface area (Å²) in [5, 5.41) is 20.0. The van der Waals surface area contributed by atoms with Crippen molar-refractivity contribution < 1.29 is 27.8 Å². The molecule has 0 saturated carbocycles. The average Bonchev–Trinajstić information content (AvgIpc) is 2.55. The summed E-state index contributed by atoms with van der Waals surface area (Å²) < 4.78 is 53.4. The van der Waals surface area contributed by atoms with E-state index in [4.69, 9.17) is 16.7 Å². The Kier molecular flexibility index (Phi) is 5.92. The van der Waals surface area contributed by atoms with E-state index in [1.807, 2.05) is 0 Å². The molecule has 10 heteroatoms. The summed E-state index contributed by atoms with van der Waals surface area (Å²) >= 11 is 5.45. The van der Waals surface area contributed by atoms with Crippen LogP contribution in [-0.2, 0) is 0 Å². The van der Waals surface area contributed by atoms with E-state index in [0.29, 0.717) is 12.1 Å². The third-order valence-electron chi connectivity index (χ3n) is 2.95. The number of anilines is 1. The summed E-state index contributed by atoms with van der Waals surface area (Å²) in [6.07, 6.45) is -4.13. The van der Waals surface area contributed by atoms with E-state index in [2.05, 4.69) is 15.3 Å². The number of halogens is 5. The van der Waals surface area contributed by atoms with Gasteiger partial charge in [0.1, 0.15) is 23.1 Å². The largest absolute Gasteiger partial charge is 0.394 e. The molecule has 1 aromatic heterocycles. The van der Waals surface area contributed by atoms with Gasteiger partial charge in [-0.15, -0.1) is 0 Å². The van der Waals surface area contributed by atoms with Crippen LogP contribution in [0.1, 0.15) is 12.1 Å². The van der Waals surface area contributed by atoms with Gasteiger partial charge in [-0.3, -0.25) is 0 Å². The molecule has 2 aromatic rings. The zero-order valence-electron chi connectivity index (χ0n) is 12.0.